The molecule has 2 unspecified atom stereocenters. The number of carbonyl (C=O) groups is 1. The number of fused-ring (bicyclic) bond motifs is 1. The number of ether oxygens (including phenoxy) is 1. The van der Waals surface area contributed by atoms with E-state index in [1.807, 2.05) is 102 Å². The number of nitrogens with zero attached hydrogens (tertiary/aromatic N) is 2. The molecule has 0 saturated heterocycles. The van der Waals surface area contributed by atoms with Crippen molar-refractivity contribution in [3.8, 4) is 5.75 Å². The molecule has 0 N–H and O–H groups in total. The normalized spacial score (nSPS) is 15.9. The lowest BCUT2D eigenvalue weighted by atomic mass is 9.97. The fourth-order valence-electron chi connectivity index (χ4n) is 4.12. The molecular weight excluding hydrogens is 372 g/mol. The van der Waals surface area contributed by atoms with Crippen molar-refractivity contribution in [1.82, 2.24) is 4.57 Å². The molecule has 1 aliphatic rings. The van der Waals surface area contributed by atoms with Gasteiger partial charge in [-0.15, -0.1) is 0 Å². The van der Waals surface area contributed by atoms with E-state index < -0.39 is 6.04 Å². The van der Waals surface area contributed by atoms with Crippen molar-refractivity contribution >= 4 is 5.78 Å². The molecule has 4 aromatic rings. The van der Waals surface area contributed by atoms with Crippen LogP contribution in [0.4, 0.5) is 0 Å². The maximum Gasteiger partial charge on any atom is 0.244 e. The summed E-state index contributed by atoms with van der Waals surface area (Å²) < 4.78 is 10.2. The smallest absolute Gasteiger partial charge is 0.244 e. The molecule has 4 heteroatoms. The summed E-state index contributed by atoms with van der Waals surface area (Å²) in [5.41, 5.74) is 2.93. The molecule has 0 radical (unpaired) electrons. The first-order chi connectivity index (χ1) is 14.8. The molecule has 0 fully saturated rings. The van der Waals surface area contributed by atoms with Crippen LogP contribution in [0.15, 0.2) is 104 Å². The fourth-order valence-corrected chi connectivity index (χ4v) is 4.12. The largest absolute Gasteiger partial charge is 0.486 e. The Kier molecular flexibility index (Phi) is 4.89. The van der Waals surface area contributed by atoms with Crippen molar-refractivity contribution in [2.45, 2.75) is 25.1 Å². The van der Waals surface area contributed by atoms with Gasteiger partial charge >= 0.3 is 0 Å². The molecule has 30 heavy (non-hydrogen) atoms. The van der Waals surface area contributed by atoms with Crippen molar-refractivity contribution in [2.24, 2.45) is 0 Å². The van der Waals surface area contributed by atoms with Gasteiger partial charge in [0.05, 0.1) is 0 Å². The number of Topliss-reactive ketones (excluding diaryl/α,β-unsaturated/α-hetero) is 1. The predicted octanol–water partition coefficient (Wildman–Crippen LogP) is 4.25. The topological polar surface area (TPSA) is 35.1 Å². The lowest BCUT2D eigenvalue weighted by molar-refractivity contribution is -0.702. The van der Waals surface area contributed by atoms with Crippen molar-refractivity contribution in [3.63, 3.8) is 0 Å². The van der Waals surface area contributed by atoms with Gasteiger partial charge < -0.3 is 4.74 Å². The van der Waals surface area contributed by atoms with Crippen LogP contribution in [0.5, 0.6) is 5.75 Å². The Balaban J connectivity index is 1.41. The minimum Gasteiger partial charge on any atom is -0.486 e. The number of hydrogen-bond acceptors (Lipinski definition) is 2. The molecule has 2 atom stereocenters. The van der Waals surface area contributed by atoms with Gasteiger partial charge in [0.2, 0.25) is 12.1 Å². The minimum absolute atomic E-state index is 0.0778. The second kappa shape index (κ2) is 7.99. The van der Waals surface area contributed by atoms with Gasteiger partial charge in [0.25, 0.3) is 0 Å². The van der Waals surface area contributed by atoms with E-state index in [1.54, 1.807) is 0 Å². The van der Waals surface area contributed by atoms with Gasteiger partial charge in [-0.2, -0.15) is 0 Å². The van der Waals surface area contributed by atoms with Gasteiger partial charge in [-0.25, -0.2) is 9.13 Å². The molecular formula is C26H23N2O2+. The Morgan fingerprint density at radius 2 is 1.67 bits per heavy atom. The van der Waals surface area contributed by atoms with Crippen LogP contribution < -0.4 is 9.30 Å². The molecule has 0 bridgehead atoms. The Labute approximate surface area is 176 Å². The standard InChI is InChI=1S/C26H23N2O2/c29-26(21-11-5-2-6-12-21)25(20-9-3-1-4-10-20)28-16-15-27(19-28)18-23-17-22-13-7-8-14-24(22)30-23/h1-16,19,23,25H,17-18H2/q+1. The van der Waals surface area contributed by atoms with Crippen LogP contribution >= 0.6 is 0 Å². The van der Waals surface area contributed by atoms with Crippen molar-refractivity contribution < 1.29 is 14.1 Å². The van der Waals surface area contributed by atoms with Crippen LogP contribution in [0.1, 0.15) is 27.5 Å². The van der Waals surface area contributed by atoms with E-state index in [2.05, 4.69) is 10.6 Å². The number of rotatable bonds is 6. The minimum atomic E-state index is -0.406. The summed E-state index contributed by atoms with van der Waals surface area (Å²) in [6, 6.07) is 27.2. The third-order valence-corrected chi connectivity index (χ3v) is 5.56. The third kappa shape index (κ3) is 3.64. The van der Waals surface area contributed by atoms with Gasteiger partial charge in [-0.05, 0) is 11.6 Å². The average molecular weight is 395 g/mol. The predicted molar refractivity (Wildman–Crippen MR) is 115 cm³/mol. The molecule has 0 saturated carbocycles. The van der Waals surface area contributed by atoms with Crippen molar-refractivity contribution in [2.75, 3.05) is 0 Å². The summed E-state index contributed by atoms with van der Waals surface area (Å²) in [6.07, 6.45) is 6.99. The molecule has 0 spiro atoms. The van der Waals surface area contributed by atoms with Crippen LogP contribution in [0.3, 0.4) is 0 Å². The Morgan fingerprint density at radius 1 is 0.967 bits per heavy atom. The van der Waals surface area contributed by atoms with E-state index in [9.17, 15) is 4.79 Å². The van der Waals surface area contributed by atoms with Crippen molar-refractivity contribution in [3.05, 3.63) is 120 Å². The SMILES string of the molecule is O=C(c1ccccc1)C(c1ccccc1)n1cc[n+](CC2Cc3ccccc3O2)c1. The number of ketones is 1. The van der Waals surface area contributed by atoms with Crippen LogP contribution in [-0.4, -0.2) is 16.5 Å². The lowest BCUT2D eigenvalue weighted by Gasteiger charge is -2.13. The summed E-state index contributed by atoms with van der Waals surface area (Å²) in [4.78, 5) is 13.4. The number of para-hydroxylation sites is 1. The van der Waals surface area contributed by atoms with Crippen LogP contribution in [0.25, 0.3) is 0 Å². The number of hydrogen-bond donors (Lipinski definition) is 0. The average Bonchev–Trinajstić information content (AvgIpc) is 3.42. The van der Waals surface area contributed by atoms with E-state index in [0.29, 0.717) is 5.56 Å². The van der Waals surface area contributed by atoms with Crippen molar-refractivity contribution in [1.29, 1.82) is 0 Å². The molecule has 4 nitrogen and oxygen atoms in total. The van der Waals surface area contributed by atoms with E-state index in [1.165, 1.54) is 5.56 Å². The summed E-state index contributed by atoms with van der Waals surface area (Å²) in [6.45, 7) is 0.739. The molecule has 2 heterocycles. The van der Waals surface area contributed by atoms with E-state index in [4.69, 9.17) is 4.74 Å². The molecule has 1 aliphatic heterocycles. The zero-order valence-electron chi connectivity index (χ0n) is 16.6. The number of benzene rings is 3. The van der Waals surface area contributed by atoms with Gasteiger partial charge in [0, 0.05) is 17.5 Å². The zero-order chi connectivity index (χ0) is 20.3. The Bertz CT molecular complexity index is 1130. The molecule has 5 rings (SSSR count). The highest BCUT2D eigenvalue weighted by atomic mass is 16.5. The van der Waals surface area contributed by atoms with Gasteiger partial charge in [0.15, 0.2) is 6.04 Å². The maximum absolute atomic E-state index is 13.4. The molecule has 3 aromatic carbocycles. The highest BCUT2D eigenvalue weighted by Crippen LogP contribution is 2.28. The number of aromatic nitrogens is 2. The second-order valence-corrected chi connectivity index (χ2v) is 7.65. The molecule has 0 amide bonds. The maximum atomic E-state index is 13.4. The van der Waals surface area contributed by atoms with Crippen LogP contribution in [0.2, 0.25) is 0 Å². The van der Waals surface area contributed by atoms with E-state index in [0.717, 1.165) is 24.3 Å². The zero-order valence-corrected chi connectivity index (χ0v) is 16.6. The molecule has 0 aliphatic carbocycles. The number of imidazole rings is 1. The Morgan fingerprint density at radius 3 is 2.43 bits per heavy atom. The monoisotopic (exact) mass is 395 g/mol. The van der Waals surface area contributed by atoms with Crippen LogP contribution in [-0.2, 0) is 13.0 Å². The van der Waals surface area contributed by atoms with Gasteiger partial charge in [0.1, 0.15) is 30.8 Å². The highest BCUT2D eigenvalue weighted by Gasteiger charge is 2.30. The number of carbonyl (C=O) groups excluding carboxylic acids is 1. The van der Waals surface area contributed by atoms with E-state index >= 15 is 0 Å². The summed E-state index contributed by atoms with van der Waals surface area (Å²) in [5.74, 6) is 1.05. The van der Waals surface area contributed by atoms with E-state index in [-0.39, 0.29) is 11.9 Å². The fraction of sp³-hybridized carbons (Fsp3) is 0.154. The third-order valence-electron chi connectivity index (χ3n) is 5.56. The lowest BCUT2D eigenvalue weighted by Crippen LogP contribution is -2.40. The first-order valence-electron chi connectivity index (χ1n) is 10.2. The first kappa shape index (κ1) is 18.4. The highest BCUT2D eigenvalue weighted by molar-refractivity contribution is 6.00. The first-order valence-corrected chi connectivity index (χ1v) is 10.2. The van der Waals surface area contributed by atoms with Gasteiger partial charge in [-0.3, -0.25) is 4.79 Å². The molecule has 148 valence electrons. The molecule has 1 aromatic heterocycles. The second-order valence-electron chi connectivity index (χ2n) is 7.65. The quantitative estimate of drug-likeness (QED) is 0.361. The Hall–Kier alpha value is -3.66. The summed E-state index contributed by atoms with van der Waals surface area (Å²) in [7, 11) is 0. The van der Waals surface area contributed by atoms with Gasteiger partial charge in [-0.1, -0.05) is 78.9 Å². The summed E-state index contributed by atoms with van der Waals surface area (Å²) in [5, 5.41) is 0. The van der Waals surface area contributed by atoms with Crippen LogP contribution in [0, 0.1) is 0 Å². The summed E-state index contributed by atoms with van der Waals surface area (Å²) >= 11 is 0.